The minimum atomic E-state index is -0.107. The van der Waals surface area contributed by atoms with Crippen molar-refractivity contribution in [2.24, 2.45) is 5.92 Å². The molecule has 24 heavy (non-hydrogen) atoms. The number of amides is 1. The van der Waals surface area contributed by atoms with Gasteiger partial charge < -0.3 is 10.6 Å². The number of rotatable bonds is 8. The van der Waals surface area contributed by atoms with E-state index in [0.717, 1.165) is 24.6 Å². The molecule has 1 amide bonds. The molecule has 0 aliphatic heterocycles. The molecule has 1 fully saturated rings. The summed E-state index contributed by atoms with van der Waals surface area (Å²) in [4.78, 5) is 16.7. The molecule has 0 radical (unpaired) electrons. The average Bonchev–Trinajstić information content (AvgIpc) is 3.41. The lowest BCUT2D eigenvalue weighted by atomic mass is 10.0. The summed E-state index contributed by atoms with van der Waals surface area (Å²) in [6.07, 6.45) is 5.10. The second-order valence-electron chi connectivity index (χ2n) is 6.64. The number of carbonyl (C=O) groups is 1. The average molecular weight is 323 g/mol. The molecule has 1 heterocycles. The normalized spacial score (nSPS) is 15.0. The highest BCUT2D eigenvalue weighted by Crippen LogP contribution is 2.27. The molecule has 3 rings (SSSR count). The molecule has 4 nitrogen and oxygen atoms in total. The van der Waals surface area contributed by atoms with Crippen molar-refractivity contribution in [2.75, 3.05) is 13.1 Å². The van der Waals surface area contributed by atoms with Crippen molar-refractivity contribution in [3.05, 3.63) is 65.5 Å². The Kier molecular flexibility index (Phi) is 5.59. The van der Waals surface area contributed by atoms with E-state index >= 15 is 0 Å². The van der Waals surface area contributed by atoms with Crippen LogP contribution >= 0.6 is 0 Å². The van der Waals surface area contributed by atoms with Crippen LogP contribution < -0.4 is 10.6 Å². The maximum Gasteiger partial charge on any atom is 0.234 e. The van der Waals surface area contributed by atoms with Gasteiger partial charge in [0.25, 0.3) is 0 Å². The zero-order valence-corrected chi connectivity index (χ0v) is 14.2. The fraction of sp³-hybridized carbons (Fsp3) is 0.400. The third-order valence-corrected chi connectivity index (χ3v) is 4.36. The molecule has 1 aliphatic carbocycles. The van der Waals surface area contributed by atoms with E-state index in [9.17, 15) is 4.79 Å². The second kappa shape index (κ2) is 8.06. The molecule has 4 heteroatoms. The molecular weight excluding hydrogens is 298 g/mol. The molecule has 1 atom stereocenters. The minimum absolute atomic E-state index is 0.0263. The van der Waals surface area contributed by atoms with Crippen molar-refractivity contribution in [2.45, 2.75) is 32.2 Å². The van der Waals surface area contributed by atoms with Crippen molar-refractivity contribution in [3.63, 3.8) is 0 Å². The van der Waals surface area contributed by atoms with Gasteiger partial charge in [0, 0.05) is 6.20 Å². The summed E-state index contributed by atoms with van der Waals surface area (Å²) < 4.78 is 0. The summed E-state index contributed by atoms with van der Waals surface area (Å²) in [6, 6.07) is 14.1. The van der Waals surface area contributed by atoms with Crippen molar-refractivity contribution < 1.29 is 4.79 Å². The van der Waals surface area contributed by atoms with Gasteiger partial charge in [-0.05, 0) is 56.3 Å². The monoisotopic (exact) mass is 323 g/mol. The van der Waals surface area contributed by atoms with Crippen LogP contribution in [0.25, 0.3) is 0 Å². The molecule has 1 unspecified atom stereocenters. The zero-order valence-electron chi connectivity index (χ0n) is 14.2. The number of pyridine rings is 1. The van der Waals surface area contributed by atoms with E-state index in [1.807, 2.05) is 18.2 Å². The smallest absolute Gasteiger partial charge is 0.234 e. The maximum atomic E-state index is 12.3. The Morgan fingerprint density at radius 3 is 2.67 bits per heavy atom. The topological polar surface area (TPSA) is 54.0 Å². The van der Waals surface area contributed by atoms with Crippen LogP contribution in [0.1, 0.15) is 35.7 Å². The van der Waals surface area contributed by atoms with Crippen LogP contribution in [0.4, 0.5) is 0 Å². The van der Waals surface area contributed by atoms with Gasteiger partial charge in [0.1, 0.15) is 0 Å². The highest BCUT2D eigenvalue weighted by Gasteiger charge is 2.21. The fourth-order valence-electron chi connectivity index (χ4n) is 2.73. The molecule has 1 saturated carbocycles. The number of benzene rings is 1. The Bertz CT molecular complexity index is 650. The molecule has 1 aliphatic rings. The summed E-state index contributed by atoms with van der Waals surface area (Å²) >= 11 is 0. The molecule has 0 saturated heterocycles. The summed E-state index contributed by atoms with van der Waals surface area (Å²) in [6.45, 7) is 3.39. The highest BCUT2D eigenvalue weighted by molar-refractivity contribution is 5.78. The van der Waals surface area contributed by atoms with Crippen molar-refractivity contribution in [1.82, 2.24) is 15.6 Å². The molecule has 0 bridgehead atoms. The van der Waals surface area contributed by atoms with E-state index in [1.165, 1.54) is 24.0 Å². The molecule has 0 spiro atoms. The number of nitrogens with one attached hydrogen (secondary N) is 2. The summed E-state index contributed by atoms with van der Waals surface area (Å²) in [5.41, 5.74) is 3.33. The Morgan fingerprint density at radius 1 is 1.21 bits per heavy atom. The maximum absolute atomic E-state index is 12.3. The van der Waals surface area contributed by atoms with Crippen molar-refractivity contribution in [3.8, 4) is 0 Å². The first-order valence-electron chi connectivity index (χ1n) is 8.67. The van der Waals surface area contributed by atoms with E-state index in [2.05, 4.69) is 46.8 Å². The molecule has 2 aromatic rings. The van der Waals surface area contributed by atoms with Gasteiger partial charge in [0.15, 0.2) is 0 Å². The highest BCUT2D eigenvalue weighted by atomic mass is 16.2. The van der Waals surface area contributed by atoms with Gasteiger partial charge in [-0.15, -0.1) is 0 Å². The van der Waals surface area contributed by atoms with Gasteiger partial charge in [0.2, 0.25) is 5.91 Å². The van der Waals surface area contributed by atoms with E-state index in [-0.39, 0.29) is 11.9 Å². The number of hydrogen-bond acceptors (Lipinski definition) is 3. The Labute approximate surface area is 143 Å². The number of carbonyl (C=O) groups excluding carboxylic acids is 1. The minimum Gasteiger partial charge on any atom is -0.346 e. The molecular formula is C20H25N3O. The molecule has 126 valence electrons. The standard InChI is InChI=1S/C20H25N3O/c1-15-5-7-16(8-6-15)12-19(18-4-2-3-11-22-18)23-20(24)14-21-13-17-9-10-17/h2-8,11,17,19,21H,9-10,12-14H2,1H3,(H,23,24). The van der Waals surface area contributed by atoms with Crippen molar-refractivity contribution in [1.29, 1.82) is 0 Å². The fourth-order valence-corrected chi connectivity index (χ4v) is 2.73. The first-order chi connectivity index (χ1) is 11.7. The number of aromatic nitrogens is 1. The Hall–Kier alpha value is -2.20. The third kappa shape index (κ3) is 5.17. The van der Waals surface area contributed by atoms with Crippen LogP contribution in [-0.4, -0.2) is 24.0 Å². The third-order valence-electron chi connectivity index (χ3n) is 4.36. The van der Waals surface area contributed by atoms with E-state index < -0.39 is 0 Å². The predicted octanol–water partition coefficient (Wildman–Crippen LogP) is 2.79. The molecule has 2 N–H and O–H groups in total. The predicted molar refractivity (Wildman–Crippen MR) is 95.6 cm³/mol. The van der Waals surface area contributed by atoms with Crippen LogP contribution in [0.5, 0.6) is 0 Å². The summed E-state index contributed by atoms with van der Waals surface area (Å²) in [5, 5.41) is 6.37. The van der Waals surface area contributed by atoms with Gasteiger partial charge in [-0.2, -0.15) is 0 Å². The van der Waals surface area contributed by atoms with Gasteiger partial charge in [-0.25, -0.2) is 0 Å². The van der Waals surface area contributed by atoms with Gasteiger partial charge in [0.05, 0.1) is 18.3 Å². The van der Waals surface area contributed by atoms with Gasteiger partial charge >= 0.3 is 0 Å². The van der Waals surface area contributed by atoms with Crippen molar-refractivity contribution >= 4 is 5.91 Å². The van der Waals surface area contributed by atoms with Crippen LogP contribution in [0.15, 0.2) is 48.7 Å². The zero-order chi connectivity index (χ0) is 16.8. The molecule has 1 aromatic heterocycles. The van der Waals surface area contributed by atoms with Crippen LogP contribution in [-0.2, 0) is 11.2 Å². The summed E-state index contributed by atoms with van der Waals surface area (Å²) in [7, 11) is 0. The van der Waals surface area contributed by atoms with E-state index in [1.54, 1.807) is 6.20 Å². The van der Waals surface area contributed by atoms with Gasteiger partial charge in [-0.3, -0.25) is 9.78 Å². The second-order valence-corrected chi connectivity index (χ2v) is 6.64. The van der Waals surface area contributed by atoms with Crippen LogP contribution in [0.2, 0.25) is 0 Å². The summed E-state index contributed by atoms with van der Waals surface area (Å²) in [5.74, 6) is 0.801. The van der Waals surface area contributed by atoms with E-state index in [0.29, 0.717) is 6.54 Å². The Morgan fingerprint density at radius 2 is 2.00 bits per heavy atom. The lowest BCUT2D eigenvalue weighted by Crippen LogP contribution is -2.38. The van der Waals surface area contributed by atoms with E-state index in [4.69, 9.17) is 0 Å². The quantitative estimate of drug-likeness (QED) is 0.785. The SMILES string of the molecule is Cc1ccc(CC(NC(=O)CNCC2CC2)c2ccccn2)cc1. The number of nitrogens with zero attached hydrogens (tertiary/aromatic N) is 1. The first kappa shape index (κ1) is 16.7. The Balaban J connectivity index is 1.62. The lowest BCUT2D eigenvalue weighted by molar-refractivity contribution is -0.121. The first-order valence-corrected chi connectivity index (χ1v) is 8.67. The number of hydrogen-bond donors (Lipinski definition) is 2. The largest absolute Gasteiger partial charge is 0.346 e. The van der Waals surface area contributed by atoms with Crippen LogP contribution in [0.3, 0.4) is 0 Å². The number of aryl methyl sites for hydroxylation is 1. The lowest BCUT2D eigenvalue weighted by Gasteiger charge is -2.19. The van der Waals surface area contributed by atoms with Crippen LogP contribution in [0, 0.1) is 12.8 Å². The van der Waals surface area contributed by atoms with Gasteiger partial charge in [-0.1, -0.05) is 35.9 Å². The molecule has 1 aromatic carbocycles.